The summed E-state index contributed by atoms with van der Waals surface area (Å²) >= 11 is 5.55. The van der Waals surface area contributed by atoms with E-state index in [1.54, 1.807) is 0 Å². The maximum atomic E-state index is 5.55. The Hall–Kier alpha value is -2.66. The normalized spacial score (nSPS) is 14.6. The largest absolute Gasteiger partial charge is 0.363 e. The number of hydrogen-bond acceptors (Lipinski definition) is 2. The van der Waals surface area contributed by atoms with Gasteiger partial charge in [0.05, 0.1) is 5.69 Å². The van der Waals surface area contributed by atoms with Crippen LogP contribution in [0.2, 0.25) is 0 Å². The molecule has 0 aliphatic carbocycles. The third-order valence-corrected chi connectivity index (χ3v) is 6.26. The summed E-state index contributed by atoms with van der Waals surface area (Å²) in [5, 5.41) is 4.29. The van der Waals surface area contributed by atoms with Crippen molar-refractivity contribution in [3.8, 4) is 22.4 Å². The minimum absolute atomic E-state index is 0.469. The highest BCUT2D eigenvalue weighted by molar-refractivity contribution is 7.80. The van der Waals surface area contributed by atoms with Gasteiger partial charge in [-0.2, -0.15) is 0 Å². The zero-order valence-corrected chi connectivity index (χ0v) is 18.4. The number of nitrogens with one attached hydrogen (secondary N) is 2. The van der Waals surface area contributed by atoms with Crippen LogP contribution < -0.4 is 5.32 Å². The fourth-order valence-electron chi connectivity index (χ4n) is 4.00. The summed E-state index contributed by atoms with van der Waals surface area (Å²) in [5.74, 6) is 1.57. The Morgan fingerprint density at radius 2 is 1.70 bits per heavy atom. The minimum Gasteiger partial charge on any atom is -0.363 e. The van der Waals surface area contributed by atoms with Crippen LogP contribution in [0.15, 0.2) is 60.8 Å². The average molecular weight is 419 g/mol. The number of benzene rings is 2. The molecule has 5 heteroatoms. The fourth-order valence-corrected chi connectivity index (χ4v) is 4.28. The molecule has 1 aliphatic heterocycles. The number of thiocarbonyl (C=S) groups is 1. The molecule has 0 atom stereocenters. The van der Waals surface area contributed by atoms with Gasteiger partial charge in [0, 0.05) is 37.3 Å². The third-order valence-electron chi connectivity index (χ3n) is 5.86. The van der Waals surface area contributed by atoms with Crippen LogP contribution in [0.4, 0.5) is 0 Å². The highest BCUT2D eigenvalue weighted by Crippen LogP contribution is 2.29. The lowest BCUT2D eigenvalue weighted by Gasteiger charge is -2.33. The molecule has 4 nitrogen and oxygen atoms in total. The summed E-state index contributed by atoms with van der Waals surface area (Å²) < 4.78 is 0. The van der Waals surface area contributed by atoms with Gasteiger partial charge in [0.15, 0.2) is 5.11 Å². The molecule has 0 unspecified atom stereocenters. The summed E-state index contributed by atoms with van der Waals surface area (Å²) in [4.78, 5) is 10.6. The Morgan fingerprint density at radius 3 is 2.40 bits per heavy atom. The number of nitrogens with zero attached hydrogens (tertiary/aromatic N) is 2. The van der Waals surface area contributed by atoms with E-state index in [4.69, 9.17) is 17.2 Å². The van der Waals surface area contributed by atoms with E-state index in [1.807, 2.05) is 12.3 Å². The smallest absolute Gasteiger partial charge is 0.168 e. The van der Waals surface area contributed by atoms with Gasteiger partial charge < -0.3 is 15.2 Å². The first-order chi connectivity index (χ1) is 14.7. The average Bonchev–Trinajstić information content (AvgIpc) is 3.30. The molecular weight excluding hydrogens is 388 g/mol. The monoisotopic (exact) mass is 418 g/mol. The van der Waals surface area contributed by atoms with E-state index in [1.165, 1.54) is 17.5 Å². The molecule has 0 radical (unpaired) electrons. The lowest BCUT2D eigenvalue weighted by molar-refractivity contribution is 0.304. The first kappa shape index (κ1) is 20.6. The predicted octanol–water partition coefficient (Wildman–Crippen LogP) is 5.60. The second-order valence-electron chi connectivity index (χ2n) is 7.96. The molecule has 2 heterocycles. The zero-order valence-electron chi connectivity index (χ0n) is 17.6. The first-order valence-electron chi connectivity index (χ1n) is 11.0. The number of imidazole rings is 1. The highest BCUT2D eigenvalue weighted by Gasteiger charge is 2.24. The fraction of sp³-hybridized carbons (Fsp3) is 0.360. The number of aromatic nitrogens is 2. The van der Waals surface area contributed by atoms with Crippen LogP contribution in [-0.2, 0) is 0 Å². The van der Waals surface area contributed by atoms with Gasteiger partial charge in [0.25, 0.3) is 0 Å². The summed E-state index contributed by atoms with van der Waals surface area (Å²) in [6.45, 7) is 5.15. The van der Waals surface area contributed by atoms with Crippen molar-refractivity contribution >= 4 is 17.3 Å². The lowest BCUT2D eigenvalue weighted by atomic mass is 9.96. The van der Waals surface area contributed by atoms with Gasteiger partial charge in [-0.05, 0) is 42.6 Å². The van der Waals surface area contributed by atoms with Crippen molar-refractivity contribution in [3.05, 3.63) is 66.6 Å². The molecule has 1 aromatic heterocycles. The van der Waals surface area contributed by atoms with E-state index in [9.17, 15) is 0 Å². The summed E-state index contributed by atoms with van der Waals surface area (Å²) in [7, 11) is 0. The van der Waals surface area contributed by atoms with Crippen LogP contribution >= 0.6 is 12.2 Å². The minimum atomic E-state index is 0.469. The van der Waals surface area contributed by atoms with Crippen LogP contribution in [0.3, 0.4) is 0 Å². The van der Waals surface area contributed by atoms with E-state index in [2.05, 4.69) is 70.7 Å². The van der Waals surface area contributed by atoms with Crippen molar-refractivity contribution in [1.82, 2.24) is 20.2 Å². The van der Waals surface area contributed by atoms with Gasteiger partial charge >= 0.3 is 0 Å². The summed E-state index contributed by atoms with van der Waals surface area (Å²) in [6.07, 6.45) is 6.55. The van der Waals surface area contributed by atoms with Gasteiger partial charge in [-0.15, -0.1) is 0 Å². The van der Waals surface area contributed by atoms with Crippen LogP contribution in [0.1, 0.15) is 44.3 Å². The standard InChI is InChI=1S/C25H30N4S/c1-2-3-15-26-25(30)29-16-13-22(14-17-29)24-27-18-23(28-24)21-11-9-20(10-12-21)19-7-5-4-6-8-19/h4-12,18,22H,2-3,13-17H2,1H3,(H,26,30)(H,27,28). The Labute approximate surface area is 184 Å². The van der Waals surface area contributed by atoms with Gasteiger partial charge in [-0.3, -0.25) is 0 Å². The Kier molecular flexibility index (Phi) is 6.80. The van der Waals surface area contributed by atoms with Crippen molar-refractivity contribution in [3.63, 3.8) is 0 Å². The number of aromatic amines is 1. The van der Waals surface area contributed by atoms with Crippen LogP contribution in [0.25, 0.3) is 22.4 Å². The van der Waals surface area contributed by atoms with Gasteiger partial charge in [0.1, 0.15) is 5.82 Å². The van der Waals surface area contributed by atoms with Crippen LogP contribution in [0, 0.1) is 0 Å². The predicted molar refractivity (Wildman–Crippen MR) is 129 cm³/mol. The number of unbranched alkanes of at least 4 members (excludes halogenated alkanes) is 1. The third kappa shape index (κ3) is 4.90. The molecule has 1 fully saturated rings. The number of H-pyrrole nitrogens is 1. The molecule has 4 rings (SSSR count). The molecule has 1 aliphatic rings. The molecular formula is C25H30N4S. The SMILES string of the molecule is CCCCNC(=S)N1CCC(c2nc(-c3ccc(-c4ccccc4)cc3)c[nH]2)CC1. The van der Waals surface area contributed by atoms with Crippen molar-refractivity contribution in [2.75, 3.05) is 19.6 Å². The van der Waals surface area contributed by atoms with Crippen molar-refractivity contribution in [2.24, 2.45) is 0 Å². The van der Waals surface area contributed by atoms with E-state index in [0.717, 1.165) is 61.1 Å². The molecule has 156 valence electrons. The van der Waals surface area contributed by atoms with Crippen molar-refractivity contribution in [1.29, 1.82) is 0 Å². The molecule has 0 saturated carbocycles. The molecule has 1 saturated heterocycles. The quantitative estimate of drug-likeness (QED) is 0.404. The number of hydrogen-bond donors (Lipinski definition) is 2. The lowest BCUT2D eigenvalue weighted by Crippen LogP contribution is -2.44. The van der Waals surface area contributed by atoms with E-state index < -0.39 is 0 Å². The van der Waals surface area contributed by atoms with Gasteiger partial charge in [-0.25, -0.2) is 4.98 Å². The summed E-state index contributed by atoms with van der Waals surface area (Å²) in [5.41, 5.74) is 4.63. The van der Waals surface area contributed by atoms with Crippen LogP contribution in [0.5, 0.6) is 0 Å². The van der Waals surface area contributed by atoms with Crippen molar-refractivity contribution < 1.29 is 0 Å². The number of rotatable bonds is 6. The molecule has 0 spiro atoms. The maximum Gasteiger partial charge on any atom is 0.168 e. The molecule has 0 amide bonds. The number of likely N-dealkylation sites (tertiary alicyclic amines) is 1. The second kappa shape index (κ2) is 9.90. The molecule has 30 heavy (non-hydrogen) atoms. The van der Waals surface area contributed by atoms with E-state index >= 15 is 0 Å². The van der Waals surface area contributed by atoms with Gasteiger partial charge in [-0.1, -0.05) is 67.9 Å². The second-order valence-corrected chi connectivity index (χ2v) is 8.35. The van der Waals surface area contributed by atoms with E-state index in [-0.39, 0.29) is 0 Å². The zero-order chi connectivity index (χ0) is 20.8. The Balaban J connectivity index is 1.35. The molecule has 0 bridgehead atoms. The van der Waals surface area contributed by atoms with Crippen molar-refractivity contribution in [2.45, 2.75) is 38.5 Å². The Bertz CT molecular complexity index is 941. The van der Waals surface area contributed by atoms with Gasteiger partial charge in [0.2, 0.25) is 0 Å². The maximum absolute atomic E-state index is 5.55. The Morgan fingerprint density at radius 1 is 1.03 bits per heavy atom. The summed E-state index contributed by atoms with van der Waals surface area (Å²) in [6, 6.07) is 19.1. The molecule has 2 aromatic carbocycles. The number of piperidine rings is 1. The highest BCUT2D eigenvalue weighted by atomic mass is 32.1. The first-order valence-corrected chi connectivity index (χ1v) is 11.4. The topological polar surface area (TPSA) is 44.0 Å². The van der Waals surface area contributed by atoms with E-state index in [0.29, 0.717) is 5.92 Å². The molecule has 2 N–H and O–H groups in total. The molecule has 3 aromatic rings. The van der Waals surface area contributed by atoms with Crippen LogP contribution in [-0.4, -0.2) is 39.6 Å².